The molecule has 3 nitrogen and oxygen atoms in total. The lowest BCUT2D eigenvalue weighted by atomic mass is 9.83. The Kier molecular flexibility index (Phi) is 5.55. The zero-order valence-electron chi connectivity index (χ0n) is 11.6. The molecule has 0 spiro atoms. The largest absolute Gasteiger partial charge is 0.305 e. The van der Waals surface area contributed by atoms with Crippen molar-refractivity contribution in [3.8, 4) is 0 Å². The number of rotatable bonds is 6. The minimum Gasteiger partial charge on any atom is -0.305 e. The summed E-state index contributed by atoms with van der Waals surface area (Å²) in [6.07, 6.45) is 6.32. The summed E-state index contributed by atoms with van der Waals surface area (Å²) in [7, 11) is 1.60. The molecule has 0 unspecified atom stereocenters. The van der Waals surface area contributed by atoms with E-state index in [-0.39, 0.29) is 12.0 Å². The highest BCUT2D eigenvalue weighted by molar-refractivity contribution is 5.81. The van der Waals surface area contributed by atoms with Gasteiger partial charge in [-0.05, 0) is 18.4 Å². The van der Waals surface area contributed by atoms with Crippen molar-refractivity contribution < 1.29 is 9.63 Å². The summed E-state index contributed by atoms with van der Waals surface area (Å²) in [6, 6.07) is 9.99. The van der Waals surface area contributed by atoms with Gasteiger partial charge in [-0.2, -0.15) is 5.48 Å². The molecular weight excluding hydrogens is 238 g/mol. The van der Waals surface area contributed by atoms with Crippen LogP contribution in [-0.4, -0.2) is 12.9 Å². The third-order valence-electron chi connectivity index (χ3n) is 3.93. The molecule has 3 heteroatoms. The topological polar surface area (TPSA) is 38.3 Å². The second kappa shape index (κ2) is 7.41. The molecule has 0 bridgehead atoms. The number of carbonyl (C=O) groups is 1. The molecule has 1 aromatic carbocycles. The fourth-order valence-electron chi connectivity index (χ4n) is 2.85. The Bertz CT molecular complexity index is 385. The summed E-state index contributed by atoms with van der Waals surface area (Å²) in [6.45, 7) is 0. The summed E-state index contributed by atoms with van der Waals surface area (Å²) >= 11 is 0. The first-order chi connectivity index (χ1) is 9.31. The maximum atomic E-state index is 12.4. The quantitative estimate of drug-likeness (QED) is 0.797. The van der Waals surface area contributed by atoms with E-state index in [4.69, 9.17) is 4.84 Å². The predicted octanol–water partition coefficient (Wildman–Crippen LogP) is 3.42. The van der Waals surface area contributed by atoms with Crippen molar-refractivity contribution in [3.63, 3.8) is 0 Å². The van der Waals surface area contributed by atoms with Gasteiger partial charge < -0.3 is 4.84 Å². The number of nitrogens with one attached hydrogen (secondary N) is 1. The normalized spacial score (nSPS) is 18.2. The van der Waals surface area contributed by atoms with E-state index in [0.717, 1.165) is 18.4 Å². The van der Waals surface area contributed by atoms with Crippen LogP contribution in [0.15, 0.2) is 30.3 Å². The highest BCUT2D eigenvalue weighted by atomic mass is 16.6. The highest BCUT2D eigenvalue weighted by Crippen LogP contribution is 2.28. The number of hydrogen-bond donors (Lipinski definition) is 1. The molecule has 0 heterocycles. The lowest BCUT2D eigenvalue weighted by Gasteiger charge is -2.23. The van der Waals surface area contributed by atoms with Gasteiger partial charge in [-0.25, -0.2) is 0 Å². The summed E-state index contributed by atoms with van der Waals surface area (Å²) in [5.74, 6) is 0.636. The van der Waals surface area contributed by atoms with Crippen LogP contribution in [0.4, 0.5) is 0 Å². The Labute approximate surface area is 115 Å². The average Bonchev–Trinajstić information content (AvgIpc) is 2.48. The second-order valence-electron chi connectivity index (χ2n) is 5.29. The third-order valence-corrected chi connectivity index (χ3v) is 3.93. The van der Waals surface area contributed by atoms with Gasteiger partial charge in [0.2, 0.25) is 0 Å². The van der Waals surface area contributed by atoms with E-state index < -0.39 is 0 Å². The Morgan fingerprint density at radius 3 is 2.58 bits per heavy atom. The van der Waals surface area contributed by atoms with Gasteiger partial charge in [0, 0.05) is 12.3 Å². The smallest absolute Gasteiger partial charge is 0.137 e. The zero-order chi connectivity index (χ0) is 13.5. The molecule has 0 radical (unpaired) electrons. The first kappa shape index (κ1) is 14.2. The first-order valence-corrected chi connectivity index (χ1v) is 7.17. The van der Waals surface area contributed by atoms with E-state index >= 15 is 0 Å². The number of ketones is 1. The van der Waals surface area contributed by atoms with Gasteiger partial charge in [-0.1, -0.05) is 49.6 Å². The minimum absolute atomic E-state index is 0.0411. The molecule has 1 N–H and O–H groups in total. The minimum atomic E-state index is -0.0411. The van der Waals surface area contributed by atoms with Gasteiger partial charge >= 0.3 is 0 Å². The van der Waals surface area contributed by atoms with E-state index in [2.05, 4.69) is 5.48 Å². The summed E-state index contributed by atoms with van der Waals surface area (Å²) in [5.41, 5.74) is 4.05. The standard InChI is InChI=1S/C16H23NO2/c1-19-17-15(13-8-4-2-5-9-13)12-16(18)14-10-6-3-7-11-14/h2,4-5,8-9,14-15,17H,3,6-7,10-12H2,1H3/t15-/m0/s1. The average molecular weight is 261 g/mol. The van der Waals surface area contributed by atoms with Crippen molar-refractivity contribution >= 4 is 5.78 Å². The number of hydrogen-bond acceptors (Lipinski definition) is 3. The molecule has 1 atom stereocenters. The fraction of sp³-hybridized carbons (Fsp3) is 0.562. The molecule has 2 rings (SSSR count). The molecule has 1 aliphatic rings. The van der Waals surface area contributed by atoms with E-state index in [0.29, 0.717) is 12.2 Å². The lowest BCUT2D eigenvalue weighted by molar-refractivity contribution is -0.125. The zero-order valence-corrected chi connectivity index (χ0v) is 11.6. The van der Waals surface area contributed by atoms with Crippen LogP contribution in [0, 0.1) is 5.92 Å². The van der Waals surface area contributed by atoms with Crippen LogP contribution in [0.3, 0.4) is 0 Å². The molecule has 104 valence electrons. The van der Waals surface area contributed by atoms with Crippen molar-refractivity contribution in [2.45, 2.75) is 44.6 Å². The van der Waals surface area contributed by atoms with E-state index in [1.807, 2.05) is 30.3 Å². The molecule has 0 saturated heterocycles. The van der Waals surface area contributed by atoms with Crippen LogP contribution in [0.1, 0.15) is 50.1 Å². The SMILES string of the molecule is CON[C@@H](CC(=O)C1CCCCC1)c1ccccc1. The molecule has 1 saturated carbocycles. The first-order valence-electron chi connectivity index (χ1n) is 7.17. The molecule has 0 aromatic heterocycles. The Morgan fingerprint density at radius 1 is 1.26 bits per heavy atom. The molecule has 1 fully saturated rings. The monoisotopic (exact) mass is 261 g/mol. The van der Waals surface area contributed by atoms with Gasteiger partial charge in [0.05, 0.1) is 13.2 Å². The number of benzene rings is 1. The molecule has 0 amide bonds. The molecule has 0 aliphatic heterocycles. The van der Waals surface area contributed by atoms with Crippen molar-refractivity contribution in [1.29, 1.82) is 0 Å². The predicted molar refractivity (Wildman–Crippen MR) is 75.5 cm³/mol. The number of carbonyl (C=O) groups excluding carboxylic acids is 1. The van der Waals surface area contributed by atoms with E-state index in [1.165, 1.54) is 19.3 Å². The Balaban J connectivity index is 1.98. The highest BCUT2D eigenvalue weighted by Gasteiger charge is 2.24. The summed E-state index contributed by atoms with van der Waals surface area (Å²) < 4.78 is 0. The lowest BCUT2D eigenvalue weighted by Crippen LogP contribution is -2.27. The van der Waals surface area contributed by atoms with Crippen LogP contribution in [-0.2, 0) is 9.63 Å². The van der Waals surface area contributed by atoms with Crippen LogP contribution in [0.25, 0.3) is 0 Å². The van der Waals surface area contributed by atoms with Crippen molar-refractivity contribution in [2.75, 3.05) is 7.11 Å². The third kappa shape index (κ3) is 4.15. The molecule has 1 aliphatic carbocycles. The van der Waals surface area contributed by atoms with Gasteiger partial charge in [0.15, 0.2) is 0 Å². The van der Waals surface area contributed by atoms with Crippen molar-refractivity contribution in [1.82, 2.24) is 5.48 Å². The molecule has 19 heavy (non-hydrogen) atoms. The molecular formula is C16H23NO2. The van der Waals surface area contributed by atoms with Gasteiger partial charge in [0.1, 0.15) is 5.78 Å². The summed E-state index contributed by atoms with van der Waals surface area (Å²) in [4.78, 5) is 17.4. The van der Waals surface area contributed by atoms with Gasteiger partial charge in [-0.15, -0.1) is 0 Å². The Morgan fingerprint density at radius 2 is 1.95 bits per heavy atom. The maximum absolute atomic E-state index is 12.4. The van der Waals surface area contributed by atoms with Crippen LogP contribution in [0.2, 0.25) is 0 Å². The maximum Gasteiger partial charge on any atom is 0.137 e. The van der Waals surface area contributed by atoms with E-state index in [9.17, 15) is 4.79 Å². The van der Waals surface area contributed by atoms with Crippen LogP contribution < -0.4 is 5.48 Å². The molecule has 1 aromatic rings. The fourth-order valence-corrected chi connectivity index (χ4v) is 2.85. The number of hydroxylamine groups is 1. The Hall–Kier alpha value is -1.19. The summed E-state index contributed by atoms with van der Waals surface area (Å²) in [5, 5.41) is 0. The number of Topliss-reactive ketones (excluding diaryl/α,β-unsaturated/α-hetero) is 1. The van der Waals surface area contributed by atoms with E-state index in [1.54, 1.807) is 7.11 Å². The van der Waals surface area contributed by atoms with Gasteiger partial charge in [0.25, 0.3) is 0 Å². The van der Waals surface area contributed by atoms with Crippen molar-refractivity contribution in [2.24, 2.45) is 5.92 Å². The van der Waals surface area contributed by atoms with Crippen LogP contribution in [0.5, 0.6) is 0 Å². The van der Waals surface area contributed by atoms with Gasteiger partial charge in [-0.3, -0.25) is 4.79 Å². The van der Waals surface area contributed by atoms with Crippen molar-refractivity contribution in [3.05, 3.63) is 35.9 Å². The van der Waals surface area contributed by atoms with Crippen LogP contribution >= 0.6 is 0 Å². The second-order valence-corrected chi connectivity index (χ2v) is 5.29.